The zero-order valence-corrected chi connectivity index (χ0v) is 18.1. The summed E-state index contributed by atoms with van der Waals surface area (Å²) in [5, 5.41) is 3.54. The van der Waals surface area contributed by atoms with Crippen molar-refractivity contribution in [3.05, 3.63) is 34.9 Å². The molecule has 0 bridgehead atoms. The van der Waals surface area contributed by atoms with Crippen molar-refractivity contribution in [3.8, 4) is 0 Å². The molecular formula is C23H30ClN3O3. The largest absolute Gasteiger partial charge is 0.342 e. The maximum absolute atomic E-state index is 13.1. The van der Waals surface area contributed by atoms with Gasteiger partial charge in [-0.15, -0.1) is 0 Å². The maximum atomic E-state index is 13.1. The summed E-state index contributed by atoms with van der Waals surface area (Å²) < 4.78 is 0. The third-order valence-electron chi connectivity index (χ3n) is 6.96. The van der Waals surface area contributed by atoms with Gasteiger partial charge in [-0.1, -0.05) is 55.8 Å². The molecule has 1 aromatic carbocycles. The summed E-state index contributed by atoms with van der Waals surface area (Å²) in [7, 11) is 0. The number of hydrogen-bond donors (Lipinski definition) is 1. The minimum absolute atomic E-state index is 0.184. The molecule has 2 saturated heterocycles. The summed E-state index contributed by atoms with van der Waals surface area (Å²) >= 11 is 5.92. The van der Waals surface area contributed by atoms with Crippen LogP contribution in [-0.2, 0) is 16.1 Å². The Morgan fingerprint density at radius 3 is 2.40 bits per heavy atom. The number of piperidine rings is 1. The van der Waals surface area contributed by atoms with Crippen LogP contribution in [0.4, 0.5) is 4.79 Å². The molecule has 1 spiro atoms. The van der Waals surface area contributed by atoms with Crippen LogP contribution in [0.15, 0.2) is 24.3 Å². The normalized spacial score (nSPS) is 21.9. The van der Waals surface area contributed by atoms with E-state index in [9.17, 15) is 14.4 Å². The van der Waals surface area contributed by atoms with E-state index < -0.39 is 5.54 Å². The molecule has 2 heterocycles. The number of nitrogens with one attached hydrogen (secondary N) is 1. The van der Waals surface area contributed by atoms with Crippen LogP contribution in [0.1, 0.15) is 63.4 Å². The zero-order chi connectivity index (χ0) is 21.1. The van der Waals surface area contributed by atoms with Gasteiger partial charge < -0.3 is 10.2 Å². The molecule has 0 unspecified atom stereocenters. The van der Waals surface area contributed by atoms with E-state index in [0.29, 0.717) is 43.3 Å². The lowest BCUT2D eigenvalue weighted by Crippen LogP contribution is -2.55. The number of carbonyl (C=O) groups is 3. The van der Waals surface area contributed by atoms with E-state index in [1.54, 1.807) is 12.1 Å². The molecule has 0 aromatic heterocycles. The molecule has 0 atom stereocenters. The Kier molecular flexibility index (Phi) is 6.32. The van der Waals surface area contributed by atoms with Crippen LogP contribution in [0.5, 0.6) is 0 Å². The van der Waals surface area contributed by atoms with E-state index >= 15 is 0 Å². The van der Waals surface area contributed by atoms with Crippen LogP contribution in [0.3, 0.4) is 0 Å². The summed E-state index contributed by atoms with van der Waals surface area (Å²) in [6.45, 7) is 1.27. The first-order valence-electron chi connectivity index (χ1n) is 11.1. The van der Waals surface area contributed by atoms with Crippen LogP contribution in [0, 0.1) is 5.92 Å². The van der Waals surface area contributed by atoms with Crippen molar-refractivity contribution >= 4 is 29.4 Å². The lowest BCUT2D eigenvalue weighted by atomic mass is 9.85. The summed E-state index contributed by atoms with van der Waals surface area (Å²) in [5.41, 5.74) is -0.0146. The molecular weight excluding hydrogens is 402 g/mol. The second-order valence-electron chi connectivity index (χ2n) is 8.95. The number of rotatable bonds is 5. The van der Waals surface area contributed by atoms with Crippen LogP contribution < -0.4 is 5.32 Å². The highest BCUT2D eigenvalue weighted by molar-refractivity contribution is 6.30. The average Bonchev–Trinajstić information content (AvgIpc) is 2.99. The summed E-state index contributed by atoms with van der Waals surface area (Å²) in [6, 6.07) is 6.79. The highest BCUT2D eigenvalue weighted by atomic mass is 35.5. The standard InChI is InChI=1S/C23H30ClN3O3/c24-19-9-6-18(7-10-19)16-27-21(29)23(25-22(27)30)12-14-26(15-13-23)20(28)11-8-17-4-2-1-3-5-17/h6-7,9-10,17H,1-5,8,11-16H2,(H,25,30). The first-order chi connectivity index (χ1) is 14.5. The van der Waals surface area contributed by atoms with E-state index in [2.05, 4.69) is 5.32 Å². The molecule has 162 valence electrons. The molecule has 6 nitrogen and oxygen atoms in total. The quantitative estimate of drug-likeness (QED) is 0.713. The molecule has 1 aliphatic carbocycles. The van der Waals surface area contributed by atoms with Crippen molar-refractivity contribution in [2.45, 2.75) is 69.9 Å². The molecule has 3 fully saturated rings. The highest BCUT2D eigenvalue weighted by Crippen LogP contribution is 2.32. The molecule has 0 radical (unpaired) electrons. The van der Waals surface area contributed by atoms with Crippen molar-refractivity contribution in [2.24, 2.45) is 5.92 Å². The third-order valence-corrected chi connectivity index (χ3v) is 7.21. The van der Waals surface area contributed by atoms with E-state index in [-0.39, 0.29) is 24.4 Å². The fraction of sp³-hybridized carbons (Fsp3) is 0.609. The Balaban J connectivity index is 1.30. The van der Waals surface area contributed by atoms with Crippen LogP contribution in [-0.4, -0.2) is 46.3 Å². The first-order valence-corrected chi connectivity index (χ1v) is 11.5. The molecule has 4 rings (SSSR count). The number of imide groups is 1. The molecule has 1 saturated carbocycles. The Bertz CT molecular complexity index is 796. The van der Waals surface area contributed by atoms with Gasteiger partial charge in [-0.25, -0.2) is 4.79 Å². The number of amides is 4. The van der Waals surface area contributed by atoms with Gasteiger partial charge in [0.2, 0.25) is 5.91 Å². The molecule has 1 aromatic rings. The fourth-order valence-electron chi connectivity index (χ4n) is 5.03. The van der Waals surface area contributed by atoms with Gasteiger partial charge in [-0.3, -0.25) is 14.5 Å². The van der Waals surface area contributed by atoms with Gasteiger partial charge in [0.15, 0.2) is 0 Å². The van der Waals surface area contributed by atoms with Gasteiger partial charge in [-0.05, 0) is 42.9 Å². The van der Waals surface area contributed by atoms with Crippen molar-refractivity contribution in [1.29, 1.82) is 0 Å². The Labute approximate surface area is 182 Å². The SMILES string of the molecule is O=C(CCC1CCCCC1)N1CCC2(CC1)NC(=O)N(Cc1ccc(Cl)cc1)C2=O. The Morgan fingerprint density at radius 1 is 1.07 bits per heavy atom. The van der Waals surface area contributed by atoms with E-state index in [1.165, 1.54) is 37.0 Å². The number of nitrogens with zero attached hydrogens (tertiary/aromatic N) is 2. The molecule has 4 amide bonds. The molecule has 7 heteroatoms. The molecule has 30 heavy (non-hydrogen) atoms. The van der Waals surface area contributed by atoms with Crippen molar-refractivity contribution in [2.75, 3.05) is 13.1 Å². The highest BCUT2D eigenvalue weighted by Gasteiger charge is 2.52. The fourth-order valence-corrected chi connectivity index (χ4v) is 5.16. The van der Waals surface area contributed by atoms with Gasteiger partial charge in [0, 0.05) is 24.5 Å². The lowest BCUT2D eigenvalue weighted by Gasteiger charge is -2.37. The minimum atomic E-state index is -0.871. The maximum Gasteiger partial charge on any atom is 0.325 e. The van der Waals surface area contributed by atoms with Gasteiger partial charge in [-0.2, -0.15) is 0 Å². The summed E-state index contributed by atoms with van der Waals surface area (Å²) in [4.78, 5) is 41.4. The zero-order valence-electron chi connectivity index (χ0n) is 17.4. The van der Waals surface area contributed by atoms with E-state index in [1.807, 2.05) is 17.0 Å². The Hall–Kier alpha value is -2.08. The second kappa shape index (κ2) is 8.96. The molecule has 1 N–H and O–H groups in total. The number of halogens is 1. The van der Waals surface area contributed by atoms with Gasteiger partial charge in [0.25, 0.3) is 5.91 Å². The summed E-state index contributed by atoms with van der Waals surface area (Å²) in [6.07, 6.45) is 8.94. The van der Waals surface area contributed by atoms with Crippen LogP contribution in [0.25, 0.3) is 0 Å². The van der Waals surface area contributed by atoms with Crippen molar-refractivity contribution in [3.63, 3.8) is 0 Å². The average molecular weight is 432 g/mol. The van der Waals surface area contributed by atoms with Crippen molar-refractivity contribution in [1.82, 2.24) is 15.1 Å². The van der Waals surface area contributed by atoms with Crippen LogP contribution >= 0.6 is 11.6 Å². The summed E-state index contributed by atoms with van der Waals surface area (Å²) in [5.74, 6) is 0.693. The van der Waals surface area contributed by atoms with Gasteiger partial charge in [0.05, 0.1) is 6.54 Å². The van der Waals surface area contributed by atoms with E-state index in [0.717, 1.165) is 12.0 Å². The predicted octanol–water partition coefficient (Wildman–Crippen LogP) is 4.11. The van der Waals surface area contributed by atoms with Gasteiger partial charge >= 0.3 is 6.03 Å². The van der Waals surface area contributed by atoms with E-state index in [4.69, 9.17) is 11.6 Å². The lowest BCUT2D eigenvalue weighted by molar-refractivity contribution is -0.138. The monoisotopic (exact) mass is 431 g/mol. The first kappa shape index (κ1) is 21.2. The predicted molar refractivity (Wildman–Crippen MR) is 115 cm³/mol. The minimum Gasteiger partial charge on any atom is -0.342 e. The molecule has 3 aliphatic rings. The second-order valence-corrected chi connectivity index (χ2v) is 9.39. The van der Waals surface area contributed by atoms with Gasteiger partial charge in [0.1, 0.15) is 5.54 Å². The number of urea groups is 1. The topological polar surface area (TPSA) is 69.7 Å². The smallest absolute Gasteiger partial charge is 0.325 e. The van der Waals surface area contributed by atoms with Crippen LogP contribution in [0.2, 0.25) is 5.02 Å². The number of carbonyl (C=O) groups excluding carboxylic acids is 3. The third kappa shape index (κ3) is 4.48. The Morgan fingerprint density at radius 2 is 1.73 bits per heavy atom. The number of benzene rings is 1. The van der Waals surface area contributed by atoms with Crippen molar-refractivity contribution < 1.29 is 14.4 Å². The number of likely N-dealkylation sites (tertiary alicyclic amines) is 1. The molecule has 2 aliphatic heterocycles. The number of hydrogen-bond acceptors (Lipinski definition) is 3.